The molecule has 0 bridgehead atoms. The van der Waals surface area contributed by atoms with Crippen molar-refractivity contribution in [3.05, 3.63) is 57.3 Å². The zero-order valence-corrected chi connectivity index (χ0v) is 25.2. The van der Waals surface area contributed by atoms with E-state index < -0.39 is 29.2 Å². The van der Waals surface area contributed by atoms with Gasteiger partial charge in [-0.1, -0.05) is 9.83 Å². The molecule has 1 fully saturated rings. The van der Waals surface area contributed by atoms with Gasteiger partial charge in [0.15, 0.2) is 16.7 Å². The molecule has 2 amide bonds. The number of aromatic nitrogens is 3. The number of hydrogen-bond donors (Lipinski definition) is 2. The predicted octanol–water partition coefficient (Wildman–Crippen LogP) is 0.224. The van der Waals surface area contributed by atoms with E-state index >= 15 is 0 Å². The first-order valence-corrected chi connectivity index (χ1v) is 15.8. The second-order valence-corrected chi connectivity index (χ2v) is 12.9. The number of carboxylic acids is 1. The lowest BCUT2D eigenvalue weighted by Gasteiger charge is -2.50. The molecule has 41 heavy (non-hydrogen) atoms. The zero-order valence-electron chi connectivity index (χ0n) is 22.0. The Hall–Kier alpha value is -3.67. The van der Waals surface area contributed by atoms with Crippen molar-refractivity contribution in [3.63, 3.8) is 0 Å². The van der Waals surface area contributed by atoms with Crippen molar-refractivity contribution in [1.29, 1.82) is 0 Å². The molecule has 214 valence electrons. The maximum atomic E-state index is 13.1. The number of nitrogens with two attached hydrogens (primary N) is 1. The number of nitrogens with zero attached hydrogens (tertiary/aromatic N) is 6. The van der Waals surface area contributed by atoms with Gasteiger partial charge in [0.25, 0.3) is 11.8 Å². The van der Waals surface area contributed by atoms with Crippen LogP contribution in [0.5, 0.6) is 0 Å². The number of carboxylic acid groups (broad SMARTS) is 1. The van der Waals surface area contributed by atoms with Crippen LogP contribution in [0, 0.1) is 6.92 Å². The van der Waals surface area contributed by atoms with E-state index in [0.717, 1.165) is 27.1 Å². The summed E-state index contributed by atoms with van der Waals surface area (Å²) >= 11 is 5.52. The fourth-order valence-corrected chi connectivity index (χ4v) is 7.72. The number of nitrogen functional groups attached to an aromatic ring is 1. The molecular formula is C24H24N8O5S4. The van der Waals surface area contributed by atoms with Gasteiger partial charge in [0.2, 0.25) is 12.4 Å². The van der Waals surface area contributed by atoms with Crippen molar-refractivity contribution < 1.29 is 29.0 Å². The fourth-order valence-electron chi connectivity index (χ4n) is 4.18. The normalized spacial score (nSPS) is 18.6. The van der Waals surface area contributed by atoms with E-state index in [9.17, 15) is 19.5 Å². The molecule has 3 aromatic heterocycles. The number of rotatable bonds is 10. The third-order valence-corrected chi connectivity index (χ3v) is 10.0. The van der Waals surface area contributed by atoms with Gasteiger partial charge in [-0.05, 0) is 12.5 Å². The highest BCUT2D eigenvalue weighted by Crippen LogP contribution is 2.41. The molecule has 2 aliphatic rings. The SMILES string of the molecule is CO/N=C(\C(=O)N[C@@H]1C(=O)N2C(C(=O)[O-])=C(CSc3cc[n+](N(C)c4csc(C)n4)cc3)CS[C@H]12)c1csc(N)n1. The Morgan fingerprint density at radius 1 is 1.32 bits per heavy atom. The van der Waals surface area contributed by atoms with Gasteiger partial charge in [0.05, 0.1) is 23.7 Å². The van der Waals surface area contributed by atoms with Crippen LogP contribution in [-0.2, 0) is 19.2 Å². The quantitative estimate of drug-likeness (QED) is 0.103. The number of oxime groups is 1. The zero-order chi connectivity index (χ0) is 29.3. The van der Waals surface area contributed by atoms with Crippen LogP contribution < -0.4 is 25.8 Å². The van der Waals surface area contributed by atoms with Gasteiger partial charge in [0.1, 0.15) is 24.2 Å². The highest BCUT2D eigenvalue weighted by atomic mass is 32.2. The summed E-state index contributed by atoms with van der Waals surface area (Å²) in [5.41, 5.74) is 6.14. The number of nitrogens with one attached hydrogen (secondary N) is 1. The van der Waals surface area contributed by atoms with E-state index in [1.807, 2.05) is 53.6 Å². The highest BCUT2D eigenvalue weighted by Gasteiger charge is 2.53. The van der Waals surface area contributed by atoms with Crippen molar-refractivity contribution in [2.24, 2.45) is 5.16 Å². The molecule has 5 rings (SSSR count). The number of thioether (sulfide) groups is 2. The number of pyridine rings is 1. The summed E-state index contributed by atoms with van der Waals surface area (Å²) in [4.78, 5) is 53.5. The van der Waals surface area contributed by atoms with Crippen LogP contribution in [0.3, 0.4) is 0 Å². The van der Waals surface area contributed by atoms with Gasteiger partial charge >= 0.3 is 0 Å². The van der Waals surface area contributed by atoms with Crippen molar-refractivity contribution in [3.8, 4) is 0 Å². The molecule has 17 heteroatoms. The summed E-state index contributed by atoms with van der Waals surface area (Å²) in [7, 11) is 3.19. The number of hydrogen-bond acceptors (Lipinski definition) is 14. The van der Waals surface area contributed by atoms with E-state index in [-0.39, 0.29) is 22.2 Å². The van der Waals surface area contributed by atoms with Crippen LogP contribution in [0.1, 0.15) is 10.7 Å². The molecule has 0 radical (unpaired) electrons. The van der Waals surface area contributed by atoms with Crippen LogP contribution in [0.4, 0.5) is 10.9 Å². The lowest BCUT2D eigenvalue weighted by molar-refractivity contribution is -0.682. The van der Waals surface area contributed by atoms with Crippen LogP contribution in [0.15, 0.2) is 56.6 Å². The largest absolute Gasteiger partial charge is 0.543 e. The first kappa shape index (κ1) is 28.8. The minimum atomic E-state index is -1.44. The van der Waals surface area contributed by atoms with Crippen LogP contribution in [0.2, 0.25) is 0 Å². The molecule has 1 saturated heterocycles. The minimum Gasteiger partial charge on any atom is -0.543 e. The maximum absolute atomic E-state index is 13.1. The Morgan fingerprint density at radius 2 is 2.07 bits per heavy atom. The van der Waals surface area contributed by atoms with Crippen molar-refractivity contribution in [2.75, 3.05) is 36.4 Å². The Morgan fingerprint density at radius 3 is 2.68 bits per heavy atom. The molecule has 0 aliphatic carbocycles. The molecule has 2 atom stereocenters. The lowest BCUT2D eigenvalue weighted by Crippen LogP contribution is -2.71. The number of β-lactam (4-membered cyclic amide) rings is 1. The first-order valence-electron chi connectivity index (χ1n) is 12.0. The number of aryl methyl sites for hydroxylation is 1. The second kappa shape index (κ2) is 12.1. The van der Waals surface area contributed by atoms with Crippen LogP contribution >= 0.6 is 46.2 Å². The summed E-state index contributed by atoms with van der Waals surface area (Å²) in [5, 5.41) is 24.5. The van der Waals surface area contributed by atoms with Gasteiger partial charge < -0.3 is 25.8 Å². The average Bonchev–Trinajstić information content (AvgIpc) is 3.60. The Bertz CT molecular complexity index is 1550. The maximum Gasteiger partial charge on any atom is 0.276 e. The third-order valence-electron chi connectivity index (χ3n) is 6.17. The third kappa shape index (κ3) is 5.88. The Balaban J connectivity index is 1.25. The van der Waals surface area contributed by atoms with Crippen LogP contribution in [0.25, 0.3) is 0 Å². The average molecular weight is 633 g/mol. The molecule has 3 N–H and O–H groups in total. The second-order valence-electron chi connectivity index (χ2n) is 8.74. The summed E-state index contributed by atoms with van der Waals surface area (Å²) < 4.78 is 1.89. The molecule has 5 heterocycles. The predicted molar refractivity (Wildman–Crippen MR) is 155 cm³/mol. The number of fused-ring (bicyclic) bond motifs is 1. The minimum absolute atomic E-state index is 0.141. The molecule has 0 unspecified atom stereocenters. The topological polar surface area (TPSA) is 170 Å². The van der Waals surface area contributed by atoms with Crippen molar-refractivity contribution in [1.82, 2.24) is 20.2 Å². The molecule has 2 aliphatic heterocycles. The fraction of sp³-hybridized carbons (Fsp3) is 0.292. The summed E-state index contributed by atoms with van der Waals surface area (Å²) in [5.74, 6) is -1.13. The Labute approximate surface area is 251 Å². The highest BCUT2D eigenvalue weighted by molar-refractivity contribution is 8.01. The number of carbonyl (C=O) groups excluding carboxylic acids is 3. The van der Waals surface area contributed by atoms with Crippen LogP contribution in [-0.4, -0.2) is 75.4 Å². The van der Waals surface area contributed by atoms with Gasteiger partial charge in [-0.2, -0.15) is 0 Å². The summed E-state index contributed by atoms with van der Waals surface area (Å²) in [6.07, 6.45) is 3.79. The molecule has 13 nitrogen and oxygen atoms in total. The van der Waals surface area contributed by atoms with Gasteiger partial charge in [-0.25, -0.2) is 9.97 Å². The first-order chi connectivity index (χ1) is 19.7. The van der Waals surface area contributed by atoms with Gasteiger partial charge in [-0.3, -0.25) is 14.5 Å². The molecule has 0 spiro atoms. The molecule has 0 saturated carbocycles. The van der Waals surface area contributed by atoms with Gasteiger partial charge in [-0.15, -0.1) is 51.2 Å². The number of thiazole rings is 2. The number of amides is 2. The number of aliphatic carboxylic acids is 1. The lowest BCUT2D eigenvalue weighted by atomic mass is 10.0. The number of carbonyl (C=O) groups is 3. The standard InChI is InChI=1S/C24H24N8O5S4/c1-12-26-16(11-38-12)30(2)31-6-4-14(5-7-31)39-8-13-9-40-22-18(21(34)32(22)19(13)23(35)36)28-20(33)17(29-37-3)15-10-41-24(25)27-15/h4-7,10-11,18,22H,8-9H2,1-3H3,(H3-,25,27,28,33,35,36)/b29-17-/t18-,22-/m1/s1. The number of anilines is 2. The molecular weight excluding hydrogens is 609 g/mol. The monoisotopic (exact) mass is 632 g/mol. The van der Waals surface area contributed by atoms with Crippen molar-refractivity contribution >= 4 is 80.6 Å². The van der Waals surface area contributed by atoms with E-state index in [1.54, 1.807) is 16.7 Å². The Kier molecular flexibility index (Phi) is 8.48. The summed E-state index contributed by atoms with van der Waals surface area (Å²) in [6.45, 7) is 1.95. The summed E-state index contributed by atoms with van der Waals surface area (Å²) in [6, 6.07) is 2.90. The van der Waals surface area contributed by atoms with E-state index in [4.69, 9.17) is 10.6 Å². The smallest absolute Gasteiger partial charge is 0.276 e. The van der Waals surface area contributed by atoms with Gasteiger partial charge in [0, 0.05) is 39.3 Å². The molecule has 0 aromatic carbocycles. The molecule has 3 aromatic rings. The van der Waals surface area contributed by atoms with E-state index in [1.165, 1.54) is 35.5 Å². The van der Waals surface area contributed by atoms with E-state index in [2.05, 4.69) is 20.4 Å². The van der Waals surface area contributed by atoms with E-state index in [0.29, 0.717) is 17.1 Å². The van der Waals surface area contributed by atoms with Crippen molar-refractivity contribution in [2.45, 2.75) is 23.2 Å².